The van der Waals surface area contributed by atoms with E-state index in [9.17, 15) is 9.59 Å². The molecule has 0 saturated carbocycles. The Labute approximate surface area is 213 Å². The van der Waals surface area contributed by atoms with Gasteiger partial charge in [0, 0.05) is 29.8 Å². The normalized spacial score (nSPS) is 11.4. The quantitative estimate of drug-likeness (QED) is 0.202. The van der Waals surface area contributed by atoms with Crippen molar-refractivity contribution in [1.82, 2.24) is 4.98 Å². The topological polar surface area (TPSA) is 79.0 Å². The summed E-state index contributed by atoms with van der Waals surface area (Å²) < 4.78 is 7.40. The van der Waals surface area contributed by atoms with Crippen LogP contribution in [0.2, 0.25) is 0 Å². The van der Waals surface area contributed by atoms with Gasteiger partial charge in [0.1, 0.15) is 11.8 Å². The minimum atomic E-state index is -0.366. The largest absolute Gasteiger partial charge is 0.463 e. The lowest BCUT2D eigenvalue weighted by atomic mass is 10.2. The highest BCUT2D eigenvalue weighted by Gasteiger charge is 2.21. The number of halogens is 1. The Bertz CT molecular complexity index is 1640. The molecule has 0 aliphatic carbocycles. The number of nitrogens with zero attached hydrogens (tertiary/aromatic N) is 4. The third-order valence-electron chi connectivity index (χ3n) is 5.36. The Morgan fingerprint density at radius 3 is 2.63 bits per heavy atom. The molecule has 0 atom stereocenters. The fourth-order valence-corrected chi connectivity index (χ4v) is 4.97. The molecule has 0 saturated heterocycles. The Morgan fingerprint density at radius 1 is 1.09 bits per heavy atom. The van der Waals surface area contributed by atoms with E-state index in [0.29, 0.717) is 21.7 Å². The second-order valence-corrected chi connectivity index (χ2v) is 9.85. The summed E-state index contributed by atoms with van der Waals surface area (Å²) in [5, 5.41) is 6.46. The van der Waals surface area contributed by atoms with Gasteiger partial charge < -0.3 is 9.32 Å². The van der Waals surface area contributed by atoms with E-state index in [1.807, 2.05) is 49.3 Å². The molecule has 0 radical (unpaired) electrons. The molecule has 5 rings (SSSR count). The molecule has 2 aromatic heterocycles. The number of rotatable bonds is 5. The van der Waals surface area contributed by atoms with Gasteiger partial charge in [0.05, 0.1) is 27.4 Å². The summed E-state index contributed by atoms with van der Waals surface area (Å²) in [4.78, 5) is 33.0. The molecular formula is C26H19BrN4O3S. The van der Waals surface area contributed by atoms with Gasteiger partial charge >= 0.3 is 0 Å². The second-order valence-electron chi connectivity index (χ2n) is 7.93. The molecule has 5 aromatic rings. The smallest absolute Gasteiger partial charge is 0.280 e. The molecule has 0 fully saturated rings. The van der Waals surface area contributed by atoms with Gasteiger partial charge in [-0.1, -0.05) is 39.4 Å². The number of thiazole rings is 1. The summed E-state index contributed by atoms with van der Waals surface area (Å²) in [6.45, 7) is 0. The summed E-state index contributed by atoms with van der Waals surface area (Å²) in [6.07, 6.45) is 2.69. The lowest BCUT2D eigenvalue weighted by Gasteiger charge is -2.16. The molecule has 3 aromatic carbocycles. The van der Waals surface area contributed by atoms with Crippen molar-refractivity contribution in [1.29, 1.82) is 0 Å². The van der Waals surface area contributed by atoms with E-state index < -0.39 is 0 Å². The number of benzene rings is 3. The average molecular weight is 547 g/mol. The van der Waals surface area contributed by atoms with E-state index in [2.05, 4.69) is 26.0 Å². The van der Waals surface area contributed by atoms with Gasteiger partial charge in [0.25, 0.3) is 5.91 Å². The first-order valence-corrected chi connectivity index (χ1v) is 12.2. The monoisotopic (exact) mass is 546 g/mol. The maximum absolute atomic E-state index is 13.5. The molecule has 9 heteroatoms. The van der Waals surface area contributed by atoms with E-state index in [4.69, 9.17) is 4.42 Å². The average Bonchev–Trinajstić information content (AvgIpc) is 3.28. The maximum atomic E-state index is 13.5. The van der Waals surface area contributed by atoms with Crippen molar-refractivity contribution in [3.63, 3.8) is 0 Å². The molecule has 7 nitrogen and oxygen atoms in total. The van der Waals surface area contributed by atoms with Crippen LogP contribution < -0.4 is 15.3 Å². The van der Waals surface area contributed by atoms with Crippen LogP contribution in [0.15, 0.2) is 91.8 Å². The minimum absolute atomic E-state index is 0.230. The van der Waals surface area contributed by atoms with Gasteiger partial charge in [-0.05, 0) is 54.6 Å². The van der Waals surface area contributed by atoms with Crippen LogP contribution in [0.5, 0.6) is 0 Å². The zero-order valence-electron chi connectivity index (χ0n) is 18.8. The van der Waals surface area contributed by atoms with Gasteiger partial charge in [0.15, 0.2) is 0 Å². The molecule has 0 N–H and O–H groups in total. The van der Waals surface area contributed by atoms with Crippen molar-refractivity contribution in [3.05, 3.63) is 98.8 Å². The van der Waals surface area contributed by atoms with E-state index in [1.54, 1.807) is 36.4 Å². The Kier molecular flexibility index (Phi) is 6.19. The van der Waals surface area contributed by atoms with E-state index in [1.165, 1.54) is 28.8 Å². The second kappa shape index (κ2) is 9.44. The summed E-state index contributed by atoms with van der Waals surface area (Å²) in [5.41, 5.74) is 2.64. The number of hydrogen-bond donors (Lipinski definition) is 0. The highest BCUT2D eigenvalue weighted by atomic mass is 79.9. The van der Waals surface area contributed by atoms with Crippen molar-refractivity contribution in [3.8, 4) is 0 Å². The number of carbonyl (C=O) groups excluding carboxylic acids is 1. The summed E-state index contributed by atoms with van der Waals surface area (Å²) in [6, 6.07) is 19.9. The number of aromatic nitrogens is 1. The first-order valence-electron chi connectivity index (χ1n) is 10.6. The van der Waals surface area contributed by atoms with Gasteiger partial charge in [-0.3, -0.25) is 9.59 Å². The third kappa shape index (κ3) is 4.60. The van der Waals surface area contributed by atoms with Crippen molar-refractivity contribution < 1.29 is 9.21 Å². The highest BCUT2D eigenvalue weighted by molar-refractivity contribution is 9.10. The van der Waals surface area contributed by atoms with Crippen molar-refractivity contribution in [2.24, 2.45) is 5.10 Å². The summed E-state index contributed by atoms with van der Waals surface area (Å²) in [7, 11) is 3.86. The zero-order chi connectivity index (χ0) is 24.5. The third-order valence-corrected chi connectivity index (χ3v) is 6.85. The fourth-order valence-electron chi connectivity index (χ4n) is 3.49. The van der Waals surface area contributed by atoms with Crippen molar-refractivity contribution in [2.45, 2.75) is 0 Å². The Balaban J connectivity index is 1.58. The number of para-hydroxylation sites is 1. The summed E-state index contributed by atoms with van der Waals surface area (Å²) in [5.74, 6) is -0.366. The van der Waals surface area contributed by atoms with Gasteiger partial charge in [-0.2, -0.15) is 10.1 Å². The molecule has 0 spiro atoms. The Hall–Kier alpha value is -3.82. The van der Waals surface area contributed by atoms with Crippen molar-refractivity contribution >= 4 is 71.4 Å². The number of carbonyl (C=O) groups is 1. The molecule has 174 valence electrons. The Morgan fingerprint density at radius 2 is 1.86 bits per heavy atom. The molecular weight excluding hydrogens is 528 g/mol. The molecule has 0 aliphatic heterocycles. The maximum Gasteiger partial charge on any atom is 0.280 e. The van der Waals surface area contributed by atoms with Crippen LogP contribution in [0.4, 0.5) is 10.8 Å². The van der Waals surface area contributed by atoms with Gasteiger partial charge in [0.2, 0.25) is 10.6 Å². The van der Waals surface area contributed by atoms with Crippen LogP contribution in [-0.4, -0.2) is 31.2 Å². The number of amides is 1. The first-order chi connectivity index (χ1) is 16.9. The van der Waals surface area contributed by atoms with Crippen LogP contribution in [0.3, 0.4) is 0 Å². The predicted molar refractivity (Wildman–Crippen MR) is 145 cm³/mol. The number of anilines is 2. The standard InChI is InChI=1S/C26H19BrN4O3S/c1-30(2)19-10-7-16(8-11-19)25(33)31(26-29-21-12-9-18(27)13-23(21)35-26)28-14-17-15-34-22-6-4-3-5-20(22)24(17)32/h3-15H,1-2H3/b28-14+. The van der Waals surface area contributed by atoms with E-state index in [0.717, 1.165) is 20.4 Å². The van der Waals surface area contributed by atoms with Crippen LogP contribution in [0.25, 0.3) is 21.2 Å². The minimum Gasteiger partial charge on any atom is -0.463 e. The molecule has 35 heavy (non-hydrogen) atoms. The van der Waals surface area contributed by atoms with Gasteiger partial charge in [-0.25, -0.2) is 4.98 Å². The van der Waals surface area contributed by atoms with Gasteiger partial charge in [-0.15, -0.1) is 0 Å². The SMILES string of the molecule is CN(C)c1ccc(C(=O)N(/N=C/c2coc3ccccc3c2=O)c2nc3ccc(Br)cc3s2)cc1. The van der Waals surface area contributed by atoms with Crippen LogP contribution in [-0.2, 0) is 0 Å². The lowest BCUT2D eigenvalue weighted by molar-refractivity contribution is 0.0988. The van der Waals surface area contributed by atoms with Crippen LogP contribution in [0.1, 0.15) is 15.9 Å². The summed E-state index contributed by atoms with van der Waals surface area (Å²) >= 11 is 4.80. The first kappa shape index (κ1) is 22.9. The molecule has 0 bridgehead atoms. The number of hydrazone groups is 1. The fraction of sp³-hybridized carbons (Fsp3) is 0.0769. The predicted octanol–water partition coefficient (Wildman–Crippen LogP) is 5.91. The van der Waals surface area contributed by atoms with E-state index in [-0.39, 0.29) is 16.9 Å². The van der Waals surface area contributed by atoms with Crippen molar-refractivity contribution in [2.75, 3.05) is 24.0 Å². The zero-order valence-corrected chi connectivity index (χ0v) is 21.2. The molecule has 0 unspecified atom stereocenters. The van der Waals surface area contributed by atoms with E-state index >= 15 is 0 Å². The molecule has 1 amide bonds. The molecule has 0 aliphatic rings. The highest BCUT2D eigenvalue weighted by Crippen LogP contribution is 2.32. The van der Waals surface area contributed by atoms with Crippen LogP contribution in [0, 0.1) is 0 Å². The number of fused-ring (bicyclic) bond motifs is 2. The van der Waals surface area contributed by atoms with Crippen LogP contribution >= 0.6 is 27.3 Å². The number of hydrogen-bond acceptors (Lipinski definition) is 7. The molecule has 2 heterocycles. The lowest BCUT2D eigenvalue weighted by Crippen LogP contribution is -2.26.